The van der Waals surface area contributed by atoms with Gasteiger partial charge >= 0.3 is 0 Å². The normalized spacial score (nSPS) is 26.3. The molecule has 1 aliphatic rings. The Hall–Kier alpha value is -0.800. The van der Waals surface area contributed by atoms with Gasteiger partial charge in [-0.25, -0.2) is 4.98 Å². The fraction of sp³-hybridized carbons (Fsp3) is 0.545. The summed E-state index contributed by atoms with van der Waals surface area (Å²) < 4.78 is 5.46. The highest BCUT2D eigenvalue weighted by Crippen LogP contribution is 2.23. The van der Waals surface area contributed by atoms with Crippen LogP contribution in [0.5, 0.6) is 0 Å². The molecule has 1 fully saturated rings. The predicted octanol–water partition coefficient (Wildman–Crippen LogP) is 2.72. The Morgan fingerprint density at radius 2 is 2.40 bits per heavy atom. The highest BCUT2D eigenvalue weighted by Gasteiger charge is 2.27. The molecule has 1 saturated heterocycles. The standard InChI is InChI=1S/C11H15ClN2O/c1-11(6-3-7-15-8-11)14-10-5-2-4-9(12)13-10/h2,4-5H,3,6-8H2,1H3,(H,13,14). The molecule has 0 amide bonds. The molecule has 0 spiro atoms. The van der Waals surface area contributed by atoms with Gasteiger partial charge < -0.3 is 10.1 Å². The Bertz CT molecular complexity index is 337. The number of hydrogen-bond donors (Lipinski definition) is 1. The van der Waals surface area contributed by atoms with E-state index in [9.17, 15) is 0 Å². The van der Waals surface area contributed by atoms with E-state index in [4.69, 9.17) is 16.3 Å². The highest BCUT2D eigenvalue weighted by atomic mass is 35.5. The summed E-state index contributed by atoms with van der Waals surface area (Å²) in [7, 11) is 0. The molecule has 1 N–H and O–H groups in total. The molecule has 0 aromatic carbocycles. The largest absolute Gasteiger partial charge is 0.379 e. The van der Waals surface area contributed by atoms with Gasteiger partial charge in [-0.3, -0.25) is 0 Å². The fourth-order valence-corrected chi connectivity index (χ4v) is 1.98. The summed E-state index contributed by atoms with van der Waals surface area (Å²) in [6.45, 7) is 3.73. The average molecular weight is 227 g/mol. The zero-order chi connectivity index (χ0) is 10.7. The highest BCUT2D eigenvalue weighted by molar-refractivity contribution is 6.29. The molecule has 0 aliphatic carbocycles. The molecular weight excluding hydrogens is 212 g/mol. The summed E-state index contributed by atoms with van der Waals surface area (Å²) in [6, 6.07) is 5.59. The van der Waals surface area contributed by atoms with Gasteiger partial charge in [-0.15, -0.1) is 0 Å². The summed E-state index contributed by atoms with van der Waals surface area (Å²) in [5, 5.41) is 3.89. The van der Waals surface area contributed by atoms with Crippen LogP contribution in [0.3, 0.4) is 0 Å². The number of nitrogens with one attached hydrogen (secondary N) is 1. The molecule has 3 nitrogen and oxygen atoms in total. The fourth-order valence-electron chi connectivity index (χ4n) is 1.82. The van der Waals surface area contributed by atoms with Crippen LogP contribution >= 0.6 is 11.6 Å². The van der Waals surface area contributed by atoms with Crippen molar-refractivity contribution in [3.63, 3.8) is 0 Å². The van der Waals surface area contributed by atoms with Crippen molar-refractivity contribution in [3.8, 4) is 0 Å². The number of hydrogen-bond acceptors (Lipinski definition) is 3. The number of aromatic nitrogens is 1. The SMILES string of the molecule is CC1(Nc2cccc(Cl)n2)CCCOC1. The Kier molecular flexibility index (Phi) is 3.12. The molecule has 0 radical (unpaired) electrons. The summed E-state index contributed by atoms with van der Waals surface area (Å²) >= 11 is 5.83. The molecule has 2 rings (SSSR count). The van der Waals surface area contributed by atoms with Gasteiger partial charge in [0.25, 0.3) is 0 Å². The summed E-state index contributed by atoms with van der Waals surface area (Å²) in [5.41, 5.74) is -0.0179. The number of halogens is 1. The zero-order valence-electron chi connectivity index (χ0n) is 8.79. The minimum atomic E-state index is -0.0179. The van der Waals surface area contributed by atoms with Crippen LogP contribution in [-0.2, 0) is 4.74 Å². The van der Waals surface area contributed by atoms with Gasteiger partial charge in [0.2, 0.25) is 0 Å². The maximum atomic E-state index is 5.83. The Morgan fingerprint density at radius 1 is 1.53 bits per heavy atom. The number of anilines is 1. The molecule has 1 atom stereocenters. The van der Waals surface area contributed by atoms with Gasteiger partial charge in [0.1, 0.15) is 11.0 Å². The first-order valence-electron chi connectivity index (χ1n) is 5.16. The van der Waals surface area contributed by atoms with Crippen molar-refractivity contribution in [3.05, 3.63) is 23.4 Å². The van der Waals surface area contributed by atoms with E-state index in [1.165, 1.54) is 0 Å². The molecular formula is C11H15ClN2O. The minimum absolute atomic E-state index is 0.0179. The maximum Gasteiger partial charge on any atom is 0.131 e. The van der Waals surface area contributed by atoms with E-state index in [1.54, 1.807) is 6.07 Å². The van der Waals surface area contributed by atoms with Crippen molar-refractivity contribution in [2.45, 2.75) is 25.3 Å². The first-order chi connectivity index (χ1) is 7.18. The number of rotatable bonds is 2. The monoisotopic (exact) mass is 226 g/mol. The second-order valence-electron chi connectivity index (χ2n) is 4.19. The van der Waals surface area contributed by atoms with Gasteiger partial charge in [0, 0.05) is 6.61 Å². The van der Waals surface area contributed by atoms with Crippen molar-refractivity contribution in [2.24, 2.45) is 0 Å². The van der Waals surface area contributed by atoms with E-state index in [1.807, 2.05) is 12.1 Å². The van der Waals surface area contributed by atoms with Crippen LogP contribution in [0.15, 0.2) is 18.2 Å². The van der Waals surface area contributed by atoms with Crippen LogP contribution in [0, 0.1) is 0 Å². The third-order valence-corrected chi connectivity index (χ3v) is 2.79. The zero-order valence-corrected chi connectivity index (χ0v) is 9.55. The van der Waals surface area contributed by atoms with E-state index < -0.39 is 0 Å². The Balaban J connectivity index is 2.06. The van der Waals surface area contributed by atoms with E-state index in [-0.39, 0.29) is 5.54 Å². The first-order valence-corrected chi connectivity index (χ1v) is 5.54. The van der Waals surface area contributed by atoms with E-state index in [0.717, 1.165) is 31.9 Å². The summed E-state index contributed by atoms with van der Waals surface area (Å²) in [6.07, 6.45) is 2.19. The molecule has 15 heavy (non-hydrogen) atoms. The van der Waals surface area contributed by atoms with Gasteiger partial charge in [0.05, 0.1) is 12.1 Å². The lowest BCUT2D eigenvalue weighted by Crippen LogP contribution is -2.43. The smallest absolute Gasteiger partial charge is 0.131 e. The molecule has 82 valence electrons. The lowest BCUT2D eigenvalue weighted by Gasteiger charge is -2.34. The topological polar surface area (TPSA) is 34.2 Å². The second-order valence-corrected chi connectivity index (χ2v) is 4.57. The van der Waals surface area contributed by atoms with Crippen molar-refractivity contribution in [1.29, 1.82) is 0 Å². The van der Waals surface area contributed by atoms with Crippen molar-refractivity contribution >= 4 is 17.4 Å². The molecule has 0 saturated carbocycles. The van der Waals surface area contributed by atoms with Crippen LogP contribution in [-0.4, -0.2) is 23.7 Å². The van der Waals surface area contributed by atoms with Crippen LogP contribution in [0.2, 0.25) is 5.15 Å². The number of pyridine rings is 1. The van der Waals surface area contributed by atoms with Crippen LogP contribution in [0.1, 0.15) is 19.8 Å². The second kappa shape index (κ2) is 4.37. The van der Waals surface area contributed by atoms with Gasteiger partial charge in [-0.2, -0.15) is 0 Å². The van der Waals surface area contributed by atoms with Gasteiger partial charge in [-0.05, 0) is 31.9 Å². The molecule has 1 aliphatic heterocycles. The Morgan fingerprint density at radius 3 is 3.07 bits per heavy atom. The van der Waals surface area contributed by atoms with Crippen molar-refractivity contribution < 1.29 is 4.74 Å². The quantitative estimate of drug-likeness (QED) is 0.788. The van der Waals surface area contributed by atoms with Crippen molar-refractivity contribution in [2.75, 3.05) is 18.5 Å². The van der Waals surface area contributed by atoms with Crippen LogP contribution in [0.4, 0.5) is 5.82 Å². The van der Waals surface area contributed by atoms with Crippen LogP contribution in [0.25, 0.3) is 0 Å². The molecule has 1 unspecified atom stereocenters. The molecule has 4 heteroatoms. The summed E-state index contributed by atoms with van der Waals surface area (Å²) in [4.78, 5) is 4.21. The third-order valence-electron chi connectivity index (χ3n) is 2.58. The Labute approximate surface area is 94.8 Å². The maximum absolute atomic E-state index is 5.83. The average Bonchev–Trinajstić information content (AvgIpc) is 2.18. The van der Waals surface area contributed by atoms with Gasteiger partial charge in [0.15, 0.2) is 0 Å². The summed E-state index contributed by atoms with van der Waals surface area (Å²) in [5.74, 6) is 0.815. The number of ether oxygens (including phenoxy) is 1. The number of nitrogens with zero attached hydrogens (tertiary/aromatic N) is 1. The van der Waals surface area contributed by atoms with E-state index in [0.29, 0.717) is 5.15 Å². The van der Waals surface area contributed by atoms with E-state index >= 15 is 0 Å². The van der Waals surface area contributed by atoms with E-state index in [2.05, 4.69) is 17.2 Å². The molecule has 1 aromatic rings. The minimum Gasteiger partial charge on any atom is -0.379 e. The molecule has 0 bridgehead atoms. The molecule has 2 heterocycles. The predicted molar refractivity (Wildman–Crippen MR) is 61.3 cm³/mol. The lowest BCUT2D eigenvalue weighted by atomic mass is 9.95. The first kappa shape index (κ1) is 10.7. The van der Waals surface area contributed by atoms with Gasteiger partial charge in [-0.1, -0.05) is 17.7 Å². The van der Waals surface area contributed by atoms with Crippen LogP contribution < -0.4 is 5.32 Å². The molecule has 1 aromatic heterocycles. The lowest BCUT2D eigenvalue weighted by molar-refractivity contribution is 0.0539. The van der Waals surface area contributed by atoms with Crippen molar-refractivity contribution in [1.82, 2.24) is 4.98 Å². The third kappa shape index (κ3) is 2.83.